The molecule has 0 spiro atoms. The molecule has 8 nitrogen and oxygen atoms in total. The molecule has 2 N–H and O–H groups in total. The monoisotopic (exact) mass is 2120 g/mol. The van der Waals surface area contributed by atoms with Gasteiger partial charge in [-0.2, -0.15) is 0 Å². The van der Waals surface area contributed by atoms with Crippen LogP contribution in [-0.2, 0) is 60.6 Å². The second kappa shape index (κ2) is 45.2. The number of carbonyl (C=O) groups excluding carboxylic acids is 2. The molecule has 0 saturated heterocycles. The summed E-state index contributed by atoms with van der Waals surface area (Å²) in [6.07, 6.45) is 33.4. The number of carbonyl (C=O) groups is 2. The van der Waals surface area contributed by atoms with Gasteiger partial charge in [-0.1, -0.05) is 225 Å². The molecule has 8 fully saturated rings. The van der Waals surface area contributed by atoms with Crippen LogP contribution in [-0.4, -0.2) is 41.7 Å². The zero-order valence-corrected chi connectivity index (χ0v) is 88.1. The van der Waals surface area contributed by atoms with Crippen molar-refractivity contribution in [2.75, 3.05) is 0 Å². The third kappa shape index (κ3) is 24.1. The fourth-order valence-corrected chi connectivity index (χ4v) is 23.4. The van der Waals surface area contributed by atoms with E-state index in [0.717, 1.165) is 154 Å². The molecule has 4 aromatic heterocycles. The number of aliphatic hydroxyl groups excluding tert-OH is 2. The Morgan fingerprint density at radius 3 is 0.894 bits per heavy atom. The number of hydrogen-bond acceptors (Lipinski definition) is 8. The van der Waals surface area contributed by atoms with E-state index in [1.807, 2.05) is 101 Å². The number of allylic oxidation sites excluding steroid dienone is 4. The van der Waals surface area contributed by atoms with Crippen LogP contribution in [0.4, 0.5) is 0 Å². The summed E-state index contributed by atoms with van der Waals surface area (Å²) < 4.78 is 8.03. The Morgan fingerprint density at radius 1 is 0.379 bits per heavy atom. The molecular formula is C122H148Ir2N4O4-4. The largest absolute Gasteiger partial charge is 0.512 e. The fourth-order valence-electron chi connectivity index (χ4n) is 23.4. The summed E-state index contributed by atoms with van der Waals surface area (Å²) in [4.78, 5) is 42.6. The van der Waals surface area contributed by atoms with Crippen molar-refractivity contribution >= 4 is 54.7 Å². The first-order valence-corrected chi connectivity index (χ1v) is 49.6. The maximum absolute atomic E-state index is 12.0. The van der Waals surface area contributed by atoms with E-state index in [-0.39, 0.29) is 86.0 Å². The Balaban J connectivity index is 0.000000156. The number of ketones is 2. The first-order chi connectivity index (χ1) is 62.5. The number of benzene rings is 8. The quantitative estimate of drug-likeness (QED) is 0.0390. The van der Waals surface area contributed by atoms with Gasteiger partial charge in [-0.05, 0) is 299 Å². The van der Waals surface area contributed by atoms with Crippen LogP contribution in [0.3, 0.4) is 0 Å². The minimum atomic E-state index is -0.319. The SMILES string of the molecule is CCC(CC)C(O)=CC(=O)C(C)(CC)CC.CCC(CC)C(O)=CC(=O)C(C)(CC)CC.Cc1[c-]c(-c2nccc3cc(C(C)C)ccc23)cc(C)c1.Cc1[c-]c(-c2nccc3cc(C45CC6CC(CC(C6)C4)C5)ccc23)cc(C)c1.Cc1[c-]c(-c2nccc3cc(C45CC6CC(CC(C6)C4)C5)ccc23)cc(C)c1.[2H]c1cc2cc(C(C)C)ccc2c(-c2[c-]c(C)cc(C)c2)n1.[Ir].[Ir]. The summed E-state index contributed by atoms with van der Waals surface area (Å²) in [6.45, 7) is 45.8. The average molecular weight is 2120 g/mol. The van der Waals surface area contributed by atoms with E-state index in [9.17, 15) is 19.8 Å². The number of aromatic nitrogens is 4. The van der Waals surface area contributed by atoms with Crippen molar-refractivity contribution in [1.29, 1.82) is 0 Å². The summed E-state index contributed by atoms with van der Waals surface area (Å²) in [5.74, 6) is 7.81. The smallest absolute Gasteiger partial charge is 0.164 e. The zero-order valence-electron chi connectivity index (χ0n) is 84.3. The molecule has 702 valence electrons. The van der Waals surface area contributed by atoms with E-state index in [4.69, 9.17) is 11.3 Å². The molecule has 8 aliphatic rings. The van der Waals surface area contributed by atoms with Gasteiger partial charge in [0.1, 0.15) is 0 Å². The number of hydrogen-bond donors (Lipinski definition) is 2. The van der Waals surface area contributed by atoms with E-state index in [1.54, 1.807) is 11.1 Å². The maximum atomic E-state index is 12.0. The molecule has 0 unspecified atom stereocenters. The molecule has 8 aromatic carbocycles. The molecule has 2 radical (unpaired) electrons. The van der Waals surface area contributed by atoms with Gasteiger partial charge in [-0.3, -0.25) is 9.59 Å². The number of aliphatic hydroxyl groups is 2. The van der Waals surface area contributed by atoms with Crippen molar-refractivity contribution in [1.82, 2.24) is 19.9 Å². The average Bonchev–Trinajstić information content (AvgIpc) is 0.731. The van der Waals surface area contributed by atoms with Gasteiger partial charge in [0, 0.05) is 99.8 Å². The van der Waals surface area contributed by atoms with Gasteiger partial charge < -0.3 is 30.1 Å². The van der Waals surface area contributed by atoms with Crippen molar-refractivity contribution in [3.05, 3.63) is 285 Å². The van der Waals surface area contributed by atoms with Gasteiger partial charge in [0.05, 0.1) is 12.9 Å². The molecule has 8 aliphatic carbocycles. The van der Waals surface area contributed by atoms with Crippen LogP contribution >= 0.6 is 0 Å². The van der Waals surface area contributed by atoms with E-state index in [2.05, 4.69) is 250 Å². The van der Waals surface area contributed by atoms with Crippen LogP contribution in [0.15, 0.2) is 194 Å². The van der Waals surface area contributed by atoms with Crippen LogP contribution in [0.1, 0.15) is 305 Å². The standard InChI is InChI=1S/2C27H28N.2C20H20N.2C14H26O2.2Ir/c2*1-17-7-18(2)9-23(8-17)26-25-4-3-24(13-22(25)5-6-28-26)27-14-19-10-20(15-27)12-21(11-19)16-27;2*1-13(2)16-5-6-19-17(12-16)7-8-21-20(19)18-10-14(3)9-15(4)11-18;2*1-6-11(7-2)12(15)10-13(16)14(5,8-3)9-4;;/h2*3-8,13,19-21H,10-12,14-16H2,1-2H3;2*5-10,12-13H,1-4H3;2*10-11,15H,6-9H2,1-5H3;;/q4*-1;;;;/i;;8D;;;;;. The number of nitrogens with zero attached hydrogens (tertiary/aromatic N) is 4. The molecule has 0 amide bonds. The van der Waals surface area contributed by atoms with Gasteiger partial charge in [-0.25, -0.2) is 0 Å². The van der Waals surface area contributed by atoms with Gasteiger partial charge in [0.2, 0.25) is 0 Å². The number of fused-ring (bicyclic) bond motifs is 4. The summed E-state index contributed by atoms with van der Waals surface area (Å²) in [7, 11) is 0. The summed E-state index contributed by atoms with van der Waals surface area (Å²) in [5, 5.41) is 29.6. The third-order valence-electron chi connectivity index (χ3n) is 31.0. The van der Waals surface area contributed by atoms with Gasteiger partial charge >= 0.3 is 0 Å². The summed E-state index contributed by atoms with van der Waals surface area (Å²) >= 11 is 0. The third-order valence-corrected chi connectivity index (χ3v) is 31.0. The molecule has 12 aromatic rings. The molecule has 20 rings (SSSR count). The first-order valence-electron chi connectivity index (χ1n) is 50.1. The molecule has 0 atom stereocenters. The molecule has 8 bridgehead atoms. The van der Waals surface area contributed by atoms with Crippen LogP contribution in [0.25, 0.3) is 88.1 Å². The first kappa shape index (κ1) is 102. The van der Waals surface area contributed by atoms with Crippen molar-refractivity contribution in [3.63, 3.8) is 0 Å². The van der Waals surface area contributed by atoms with Crippen molar-refractivity contribution in [2.45, 2.75) is 303 Å². The molecule has 10 heteroatoms. The number of rotatable bonds is 22. The van der Waals surface area contributed by atoms with Crippen LogP contribution in [0.2, 0.25) is 0 Å². The maximum Gasteiger partial charge on any atom is 0.164 e. The molecule has 4 heterocycles. The Morgan fingerprint density at radius 2 is 0.636 bits per heavy atom. The minimum Gasteiger partial charge on any atom is -0.512 e. The number of pyridine rings is 4. The fraction of sp³-hybridized carbons (Fsp3) is 0.459. The summed E-state index contributed by atoms with van der Waals surface area (Å²) in [6, 6.07) is 67.1. The van der Waals surface area contributed by atoms with Gasteiger partial charge in [0.15, 0.2) is 11.6 Å². The molecule has 0 aliphatic heterocycles. The molecule has 8 saturated carbocycles. The molecular weight excluding hydrogens is 1970 g/mol. The van der Waals surface area contributed by atoms with Crippen LogP contribution in [0, 0.1) is 138 Å². The Hall–Kier alpha value is -8.88. The zero-order chi connectivity index (χ0) is 94.1. The Bertz CT molecular complexity index is 5750. The molecule has 132 heavy (non-hydrogen) atoms. The van der Waals surface area contributed by atoms with Crippen molar-refractivity contribution in [2.24, 2.45) is 58.2 Å². The van der Waals surface area contributed by atoms with Gasteiger partial charge in [0.25, 0.3) is 0 Å². The number of aryl methyl sites for hydroxylation is 8. The van der Waals surface area contributed by atoms with E-state index >= 15 is 0 Å². The minimum absolute atomic E-state index is 0. The Labute approximate surface area is 821 Å². The van der Waals surface area contributed by atoms with E-state index < -0.39 is 0 Å². The second-order valence-electron chi connectivity index (χ2n) is 41.6. The van der Waals surface area contributed by atoms with E-state index in [1.165, 1.54) is 166 Å². The topological polar surface area (TPSA) is 126 Å². The predicted molar refractivity (Wildman–Crippen MR) is 547 cm³/mol. The van der Waals surface area contributed by atoms with Crippen molar-refractivity contribution < 1.29 is 61.4 Å². The predicted octanol–water partition coefficient (Wildman–Crippen LogP) is 33.0. The normalized spacial score (nSPS) is 20.0. The van der Waals surface area contributed by atoms with E-state index in [0.29, 0.717) is 28.8 Å². The van der Waals surface area contributed by atoms with Crippen molar-refractivity contribution in [3.8, 4) is 45.0 Å². The van der Waals surface area contributed by atoms with Crippen LogP contribution in [0.5, 0.6) is 0 Å². The van der Waals surface area contributed by atoms with Gasteiger partial charge in [-0.15, -0.1) is 140 Å². The second-order valence-corrected chi connectivity index (χ2v) is 41.6. The Kier molecular flexibility index (Phi) is 34.9. The summed E-state index contributed by atoms with van der Waals surface area (Å²) in [5.41, 5.74) is 24.0. The van der Waals surface area contributed by atoms with Crippen LogP contribution < -0.4 is 0 Å².